The maximum atomic E-state index is 11.8. The van der Waals surface area contributed by atoms with Crippen molar-refractivity contribution in [3.8, 4) is 0 Å². The highest BCUT2D eigenvalue weighted by atomic mass is 32.2. The zero-order valence-electron chi connectivity index (χ0n) is 10.9. The Labute approximate surface area is 129 Å². The van der Waals surface area contributed by atoms with E-state index in [-0.39, 0.29) is 4.87 Å². The van der Waals surface area contributed by atoms with E-state index in [0.717, 1.165) is 23.0 Å². The molecule has 0 radical (unpaired) electrons. The molecule has 2 bridgehead atoms. The van der Waals surface area contributed by atoms with Crippen LogP contribution in [0.2, 0.25) is 0 Å². The Hall–Kier alpha value is -0.520. The van der Waals surface area contributed by atoms with Gasteiger partial charge in [0.1, 0.15) is 0 Å². The first-order valence-electron chi connectivity index (χ1n) is 7.24. The largest absolute Gasteiger partial charge is 0.307 e. The summed E-state index contributed by atoms with van der Waals surface area (Å²) >= 11 is 5.28. The van der Waals surface area contributed by atoms with Gasteiger partial charge in [-0.25, -0.2) is 0 Å². The number of aromatic amines is 1. The summed E-state index contributed by atoms with van der Waals surface area (Å²) in [4.78, 5) is 17.8. The first kappa shape index (κ1) is 12.1. The maximum absolute atomic E-state index is 11.8. The Bertz CT molecular complexity index is 701. The highest BCUT2D eigenvalue weighted by molar-refractivity contribution is 8.00. The predicted octanol–water partition coefficient (Wildman–Crippen LogP) is 4.15. The van der Waals surface area contributed by atoms with E-state index in [9.17, 15) is 4.79 Å². The molecule has 3 aliphatic rings. The smallest absolute Gasteiger partial charge is 0.305 e. The second-order valence-electron chi connectivity index (χ2n) is 6.19. The number of hydrogen-bond acceptors (Lipinski definition) is 4. The molecular formula is C15H15NOS3. The lowest BCUT2D eigenvalue weighted by molar-refractivity contribution is 0.310. The normalized spacial score (nSPS) is 37.9. The fourth-order valence-corrected chi connectivity index (χ4v) is 8.49. The molecule has 2 aromatic heterocycles. The molecule has 5 rings (SSSR count). The zero-order valence-corrected chi connectivity index (χ0v) is 13.3. The molecule has 5 heteroatoms. The van der Waals surface area contributed by atoms with E-state index >= 15 is 0 Å². The van der Waals surface area contributed by atoms with E-state index in [1.807, 2.05) is 23.1 Å². The van der Waals surface area contributed by atoms with Crippen LogP contribution in [0.4, 0.5) is 0 Å². The average Bonchev–Trinajstić information content (AvgIpc) is 3.19. The molecular weight excluding hydrogens is 306 g/mol. The van der Waals surface area contributed by atoms with E-state index in [1.54, 1.807) is 0 Å². The summed E-state index contributed by atoms with van der Waals surface area (Å²) in [6.45, 7) is 0. The van der Waals surface area contributed by atoms with E-state index in [0.29, 0.717) is 5.92 Å². The Morgan fingerprint density at radius 2 is 2.15 bits per heavy atom. The van der Waals surface area contributed by atoms with Gasteiger partial charge in [0.05, 0.1) is 5.03 Å². The van der Waals surface area contributed by atoms with Gasteiger partial charge >= 0.3 is 4.87 Å². The lowest BCUT2D eigenvalue weighted by Crippen LogP contribution is -2.33. The van der Waals surface area contributed by atoms with Crippen LogP contribution in [-0.4, -0.2) is 10.2 Å². The van der Waals surface area contributed by atoms with Crippen molar-refractivity contribution in [1.82, 2.24) is 4.98 Å². The molecule has 0 spiro atoms. The third-order valence-electron chi connectivity index (χ3n) is 5.32. The summed E-state index contributed by atoms with van der Waals surface area (Å²) in [6, 6.07) is 4.42. The van der Waals surface area contributed by atoms with Crippen molar-refractivity contribution in [2.45, 2.75) is 35.5 Å². The van der Waals surface area contributed by atoms with Gasteiger partial charge in [-0.15, -0.1) is 23.1 Å². The van der Waals surface area contributed by atoms with Gasteiger partial charge in [0, 0.05) is 20.9 Å². The Balaban J connectivity index is 1.71. The molecule has 2 aromatic rings. The highest BCUT2D eigenvalue weighted by Gasteiger charge is 2.54. The lowest BCUT2D eigenvalue weighted by atomic mass is 9.77. The summed E-state index contributed by atoms with van der Waals surface area (Å²) in [5.41, 5.74) is 0. The highest BCUT2D eigenvalue weighted by Crippen LogP contribution is 2.63. The molecule has 2 saturated carbocycles. The summed E-state index contributed by atoms with van der Waals surface area (Å²) in [7, 11) is 0. The van der Waals surface area contributed by atoms with Crippen LogP contribution in [0.25, 0.3) is 0 Å². The Kier molecular flexibility index (Phi) is 2.56. The molecule has 1 N–H and O–H groups in total. The molecule has 2 fully saturated rings. The van der Waals surface area contributed by atoms with Crippen molar-refractivity contribution >= 4 is 34.4 Å². The number of thioether (sulfide) groups is 1. The third-order valence-corrected chi connectivity index (χ3v) is 8.89. The number of thiophene rings is 1. The van der Waals surface area contributed by atoms with Gasteiger partial charge in [0.25, 0.3) is 0 Å². The van der Waals surface area contributed by atoms with Crippen molar-refractivity contribution in [3.05, 3.63) is 36.9 Å². The number of rotatable bonds is 1. The lowest BCUT2D eigenvalue weighted by Gasteiger charge is -2.39. The van der Waals surface area contributed by atoms with Crippen LogP contribution < -0.4 is 4.87 Å². The van der Waals surface area contributed by atoms with Gasteiger partial charge in [-0.1, -0.05) is 17.4 Å². The molecule has 20 heavy (non-hydrogen) atoms. The minimum Gasteiger partial charge on any atom is -0.307 e. The number of fused-ring (bicyclic) bond motifs is 6. The molecule has 2 nitrogen and oxygen atoms in total. The summed E-state index contributed by atoms with van der Waals surface area (Å²) < 4.78 is 0. The fourth-order valence-electron chi connectivity index (χ4n) is 4.64. The molecule has 0 aromatic carbocycles. The van der Waals surface area contributed by atoms with Crippen molar-refractivity contribution in [2.75, 3.05) is 0 Å². The van der Waals surface area contributed by atoms with Gasteiger partial charge in [-0.05, 0) is 48.5 Å². The maximum Gasteiger partial charge on any atom is 0.305 e. The van der Waals surface area contributed by atoms with E-state index in [2.05, 4.69) is 22.5 Å². The van der Waals surface area contributed by atoms with E-state index in [1.165, 1.54) is 45.4 Å². The van der Waals surface area contributed by atoms with Crippen LogP contribution in [-0.2, 0) is 0 Å². The monoisotopic (exact) mass is 321 g/mol. The van der Waals surface area contributed by atoms with Crippen molar-refractivity contribution in [3.63, 3.8) is 0 Å². The number of H-pyrrole nitrogens is 1. The molecule has 2 aliphatic carbocycles. The third kappa shape index (κ3) is 1.54. The molecule has 5 atom stereocenters. The van der Waals surface area contributed by atoms with Crippen LogP contribution in [0.15, 0.2) is 27.3 Å². The second-order valence-corrected chi connectivity index (χ2v) is 9.38. The fraction of sp³-hybridized carbons (Fsp3) is 0.533. The van der Waals surface area contributed by atoms with Crippen LogP contribution >= 0.6 is 34.4 Å². The predicted molar refractivity (Wildman–Crippen MR) is 85.1 cm³/mol. The van der Waals surface area contributed by atoms with Crippen LogP contribution in [0.1, 0.15) is 34.9 Å². The Morgan fingerprint density at radius 1 is 1.25 bits per heavy atom. The van der Waals surface area contributed by atoms with Gasteiger partial charge in [-0.2, -0.15) is 0 Å². The number of thiazole rings is 1. The number of nitrogens with one attached hydrogen (secondary N) is 1. The van der Waals surface area contributed by atoms with Gasteiger partial charge in [0.15, 0.2) is 0 Å². The number of hydrogen-bond donors (Lipinski definition) is 1. The van der Waals surface area contributed by atoms with Crippen LogP contribution in [0.5, 0.6) is 0 Å². The SMILES string of the molecule is O=c1[nH]c2c(s1)[C@@H](c1cccs1)[C@H]1[C@@H]3CC[C@H](C3)[C@H]1S2. The van der Waals surface area contributed by atoms with Crippen LogP contribution in [0.3, 0.4) is 0 Å². The molecule has 1 aliphatic heterocycles. The van der Waals surface area contributed by atoms with Crippen LogP contribution in [0, 0.1) is 17.8 Å². The van der Waals surface area contributed by atoms with Gasteiger partial charge in [-0.3, -0.25) is 4.79 Å². The van der Waals surface area contributed by atoms with Crippen molar-refractivity contribution < 1.29 is 0 Å². The quantitative estimate of drug-likeness (QED) is 0.856. The summed E-state index contributed by atoms with van der Waals surface area (Å²) in [5, 5.41) is 4.08. The first-order valence-corrected chi connectivity index (χ1v) is 9.82. The number of aromatic nitrogens is 1. The summed E-state index contributed by atoms with van der Waals surface area (Å²) in [5.74, 6) is 3.01. The molecule has 104 valence electrons. The van der Waals surface area contributed by atoms with E-state index in [4.69, 9.17) is 0 Å². The van der Waals surface area contributed by atoms with Crippen molar-refractivity contribution in [2.24, 2.45) is 17.8 Å². The molecule has 0 saturated heterocycles. The second kappa shape index (κ2) is 4.24. The topological polar surface area (TPSA) is 32.9 Å². The minimum absolute atomic E-state index is 0.122. The Morgan fingerprint density at radius 3 is 3.00 bits per heavy atom. The zero-order chi connectivity index (χ0) is 13.3. The minimum atomic E-state index is 0.122. The summed E-state index contributed by atoms with van der Waals surface area (Å²) in [6.07, 6.45) is 4.23. The standard InChI is InChI=1S/C15H15NOS3/c17-15-16-14-13(20-15)11(9-2-1-5-18-9)10-7-3-4-8(6-7)12(10)19-14/h1-2,5,7-8,10-12H,3-4,6H2,(H,16,17)/t7-,8-,10-,11+,12-/m1/s1. The average molecular weight is 321 g/mol. The molecule has 0 unspecified atom stereocenters. The van der Waals surface area contributed by atoms with Gasteiger partial charge in [0.2, 0.25) is 0 Å². The van der Waals surface area contributed by atoms with E-state index < -0.39 is 0 Å². The van der Waals surface area contributed by atoms with Crippen molar-refractivity contribution in [1.29, 1.82) is 0 Å². The molecule has 0 amide bonds. The first-order chi connectivity index (χ1) is 9.81. The van der Waals surface area contributed by atoms with Gasteiger partial charge < -0.3 is 4.98 Å². The molecule has 3 heterocycles.